The van der Waals surface area contributed by atoms with Gasteiger partial charge in [-0.1, -0.05) is 6.07 Å². The molecule has 0 saturated carbocycles. The third-order valence-electron chi connectivity index (χ3n) is 4.56. The zero-order valence-corrected chi connectivity index (χ0v) is 18.1. The van der Waals surface area contributed by atoms with Gasteiger partial charge in [-0.2, -0.15) is 0 Å². The van der Waals surface area contributed by atoms with Crippen molar-refractivity contribution in [3.8, 4) is 22.5 Å². The number of amides is 1. The van der Waals surface area contributed by atoms with Crippen molar-refractivity contribution in [1.29, 1.82) is 0 Å². The largest absolute Gasteiger partial charge is 0.403 e. The van der Waals surface area contributed by atoms with E-state index in [1.165, 1.54) is 12.4 Å². The van der Waals surface area contributed by atoms with E-state index in [0.29, 0.717) is 34.6 Å². The van der Waals surface area contributed by atoms with Gasteiger partial charge in [0.25, 0.3) is 5.91 Å². The van der Waals surface area contributed by atoms with E-state index < -0.39 is 0 Å². The molecule has 3 rings (SSSR count). The molecule has 0 bridgehead atoms. The van der Waals surface area contributed by atoms with Gasteiger partial charge in [-0.25, -0.2) is 4.98 Å². The molecule has 8 nitrogen and oxygen atoms in total. The number of nitrogens with zero attached hydrogens (tertiary/aromatic N) is 4. The second kappa shape index (κ2) is 10.2. The van der Waals surface area contributed by atoms with Crippen LogP contribution in [0.3, 0.4) is 0 Å². The molecule has 162 valence electrons. The fourth-order valence-corrected chi connectivity index (χ4v) is 2.90. The number of nitrogens with two attached hydrogens (primary N) is 1. The lowest BCUT2D eigenvalue weighted by Crippen LogP contribution is -2.24. The van der Waals surface area contributed by atoms with Crippen molar-refractivity contribution >= 4 is 18.4 Å². The fourth-order valence-electron chi connectivity index (χ4n) is 2.90. The molecule has 0 aliphatic heterocycles. The van der Waals surface area contributed by atoms with E-state index in [4.69, 9.17) is 5.73 Å². The van der Waals surface area contributed by atoms with Crippen molar-refractivity contribution in [2.24, 2.45) is 10.7 Å². The summed E-state index contributed by atoms with van der Waals surface area (Å²) in [5.41, 5.74) is 10.4. The van der Waals surface area contributed by atoms with E-state index >= 15 is 0 Å². The molecule has 1 amide bonds. The van der Waals surface area contributed by atoms with E-state index in [2.05, 4.69) is 25.3 Å². The summed E-state index contributed by atoms with van der Waals surface area (Å²) >= 11 is 0. The smallest absolute Gasteiger partial charge is 0.255 e. The highest BCUT2D eigenvalue weighted by atomic mass is 16.1. The molecule has 0 unspecified atom stereocenters. The van der Waals surface area contributed by atoms with Crippen molar-refractivity contribution in [3.05, 3.63) is 77.6 Å². The summed E-state index contributed by atoms with van der Waals surface area (Å²) in [6.07, 6.45) is 8.32. The Balaban J connectivity index is 1.92. The summed E-state index contributed by atoms with van der Waals surface area (Å²) in [5.74, 6) is -0.313. The van der Waals surface area contributed by atoms with E-state index in [1.807, 2.05) is 26.8 Å². The van der Waals surface area contributed by atoms with Crippen LogP contribution in [0.5, 0.6) is 0 Å². The average molecular weight is 428 g/mol. The number of pyridine rings is 1. The van der Waals surface area contributed by atoms with Crippen LogP contribution in [0.15, 0.2) is 65.8 Å². The maximum atomic E-state index is 12.8. The minimum absolute atomic E-state index is 0.0849. The number of aldehydes is 1. The number of hydrogen-bond acceptors (Lipinski definition) is 7. The van der Waals surface area contributed by atoms with Crippen molar-refractivity contribution in [2.75, 3.05) is 0 Å². The Labute approximate surface area is 186 Å². The van der Waals surface area contributed by atoms with Gasteiger partial charge in [0.1, 0.15) is 5.69 Å². The predicted octanol–water partition coefficient (Wildman–Crippen LogP) is 3.34. The Hall–Kier alpha value is -4.20. The van der Waals surface area contributed by atoms with E-state index in [9.17, 15) is 9.59 Å². The van der Waals surface area contributed by atoms with Crippen molar-refractivity contribution in [1.82, 2.24) is 20.3 Å². The van der Waals surface area contributed by atoms with E-state index in [1.54, 1.807) is 42.9 Å². The molecule has 0 atom stereocenters. The molecule has 32 heavy (non-hydrogen) atoms. The first-order valence-electron chi connectivity index (χ1n) is 10.0. The Bertz CT molecular complexity index is 1200. The number of nitrogens with one attached hydrogen (secondary N) is 1. The number of aryl methyl sites for hydroxylation is 1. The molecule has 0 radical (unpaired) electrons. The van der Waals surface area contributed by atoms with Gasteiger partial charge in [-0.3, -0.25) is 24.5 Å². The predicted molar refractivity (Wildman–Crippen MR) is 124 cm³/mol. The van der Waals surface area contributed by atoms with Crippen molar-refractivity contribution in [3.63, 3.8) is 0 Å². The molecular formula is C24H24N6O2. The highest BCUT2D eigenvalue weighted by Crippen LogP contribution is 2.25. The van der Waals surface area contributed by atoms with Crippen LogP contribution in [0.2, 0.25) is 0 Å². The Morgan fingerprint density at radius 2 is 1.94 bits per heavy atom. The monoisotopic (exact) mass is 428 g/mol. The summed E-state index contributed by atoms with van der Waals surface area (Å²) in [7, 11) is 0. The van der Waals surface area contributed by atoms with Gasteiger partial charge in [0, 0.05) is 41.3 Å². The van der Waals surface area contributed by atoms with Crippen LogP contribution in [0.1, 0.15) is 40.3 Å². The van der Waals surface area contributed by atoms with Crippen LogP contribution < -0.4 is 11.1 Å². The fraction of sp³-hybridized carbons (Fsp3) is 0.167. The van der Waals surface area contributed by atoms with Gasteiger partial charge in [-0.05, 0) is 50.6 Å². The molecule has 0 aliphatic carbocycles. The van der Waals surface area contributed by atoms with Crippen LogP contribution >= 0.6 is 0 Å². The van der Waals surface area contributed by atoms with Crippen LogP contribution in [-0.4, -0.2) is 39.4 Å². The molecule has 3 aromatic rings. The average Bonchev–Trinajstić information content (AvgIpc) is 2.81. The second-order valence-corrected chi connectivity index (χ2v) is 7.35. The number of aliphatic imine (C=N–C) groups is 1. The topological polar surface area (TPSA) is 123 Å². The molecule has 0 saturated heterocycles. The Morgan fingerprint density at radius 3 is 2.66 bits per heavy atom. The quantitative estimate of drug-likeness (QED) is 0.439. The minimum atomic E-state index is -0.313. The van der Waals surface area contributed by atoms with Crippen LogP contribution in [0.4, 0.5) is 0 Å². The SMILES string of the molecule is Cc1ccc(C(=O)N/C(C=NC(C)C)=C/N)cc1-c1cncc(-c2ccnc(C=O)c2)n1. The first kappa shape index (κ1) is 22.5. The standard InChI is InChI=1S/C24H24N6O2/c1-15(2)28-11-20(10-25)29-24(32)18-5-4-16(3)21(9-18)23-13-26-12-22(30-23)17-6-7-27-19(8-17)14-31/h4-15H,25H2,1-3H3,(H,29,32)/b20-10+,28-11?. The van der Waals surface area contributed by atoms with E-state index in [0.717, 1.165) is 16.7 Å². The van der Waals surface area contributed by atoms with Crippen LogP contribution in [0.25, 0.3) is 22.5 Å². The number of benzene rings is 1. The molecule has 1 aromatic carbocycles. The number of hydrogen-bond donors (Lipinski definition) is 2. The van der Waals surface area contributed by atoms with Crippen LogP contribution in [-0.2, 0) is 0 Å². The van der Waals surface area contributed by atoms with Gasteiger partial charge < -0.3 is 11.1 Å². The number of rotatable bonds is 7. The lowest BCUT2D eigenvalue weighted by molar-refractivity contribution is 0.0967. The van der Waals surface area contributed by atoms with E-state index in [-0.39, 0.29) is 11.9 Å². The lowest BCUT2D eigenvalue weighted by atomic mass is 10.0. The van der Waals surface area contributed by atoms with Gasteiger partial charge in [0.2, 0.25) is 0 Å². The highest BCUT2D eigenvalue weighted by molar-refractivity contribution is 5.99. The summed E-state index contributed by atoms with van der Waals surface area (Å²) in [6.45, 7) is 5.79. The number of carbonyl (C=O) groups is 2. The molecule has 2 aromatic heterocycles. The molecule has 8 heteroatoms. The maximum Gasteiger partial charge on any atom is 0.255 e. The summed E-state index contributed by atoms with van der Waals surface area (Å²) in [5, 5.41) is 2.76. The molecule has 2 heterocycles. The maximum absolute atomic E-state index is 12.8. The molecular weight excluding hydrogens is 404 g/mol. The van der Waals surface area contributed by atoms with Gasteiger partial charge in [-0.15, -0.1) is 0 Å². The third-order valence-corrected chi connectivity index (χ3v) is 4.56. The highest BCUT2D eigenvalue weighted by Gasteiger charge is 2.13. The molecule has 0 aliphatic rings. The second-order valence-electron chi connectivity index (χ2n) is 7.35. The summed E-state index contributed by atoms with van der Waals surface area (Å²) in [4.78, 5) is 41.0. The van der Waals surface area contributed by atoms with Crippen molar-refractivity contribution < 1.29 is 9.59 Å². The molecule has 0 fully saturated rings. The van der Waals surface area contributed by atoms with Crippen molar-refractivity contribution in [2.45, 2.75) is 26.8 Å². The minimum Gasteiger partial charge on any atom is -0.403 e. The first-order chi connectivity index (χ1) is 15.4. The normalized spacial score (nSPS) is 11.7. The molecule has 0 spiro atoms. The van der Waals surface area contributed by atoms with Crippen LogP contribution in [0, 0.1) is 6.92 Å². The number of aromatic nitrogens is 3. The van der Waals surface area contributed by atoms with Gasteiger partial charge in [0.15, 0.2) is 6.29 Å². The zero-order valence-electron chi connectivity index (χ0n) is 18.1. The number of carbonyl (C=O) groups excluding carboxylic acids is 2. The summed E-state index contributed by atoms with van der Waals surface area (Å²) in [6, 6.07) is 8.84. The zero-order chi connectivity index (χ0) is 23.1. The number of allylic oxidation sites excluding steroid dienone is 1. The molecule has 3 N–H and O–H groups in total. The summed E-state index contributed by atoms with van der Waals surface area (Å²) < 4.78 is 0. The lowest BCUT2D eigenvalue weighted by Gasteiger charge is -2.11. The third kappa shape index (κ3) is 5.48. The van der Waals surface area contributed by atoms with Gasteiger partial charge >= 0.3 is 0 Å². The Morgan fingerprint density at radius 1 is 1.16 bits per heavy atom. The Kier molecular flexibility index (Phi) is 7.17. The van der Waals surface area contributed by atoms with Gasteiger partial charge in [0.05, 0.1) is 29.5 Å². The first-order valence-corrected chi connectivity index (χ1v) is 10.0.